The van der Waals surface area contributed by atoms with Gasteiger partial charge >= 0.3 is 0 Å². The Bertz CT molecular complexity index is 277. The van der Waals surface area contributed by atoms with Gasteiger partial charge in [-0.3, -0.25) is 4.79 Å². The van der Waals surface area contributed by atoms with Crippen LogP contribution in [0, 0.1) is 11.3 Å². The first-order valence-corrected chi connectivity index (χ1v) is 7.62. The predicted octanol–water partition coefficient (Wildman–Crippen LogP) is 1.60. The summed E-state index contributed by atoms with van der Waals surface area (Å²) in [5, 5.41) is 6.39. The fourth-order valence-corrected chi connectivity index (χ4v) is 2.49. The van der Waals surface area contributed by atoms with Crippen molar-refractivity contribution >= 4 is 18.3 Å². The number of methoxy groups -OCH3 is 1. The predicted molar refractivity (Wildman–Crippen MR) is 86.9 cm³/mol. The van der Waals surface area contributed by atoms with Gasteiger partial charge in [-0.15, -0.1) is 12.4 Å². The van der Waals surface area contributed by atoms with Crippen molar-refractivity contribution < 1.29 is 14.3 Å². The Balaban J connectivity index is 0.00000400. The second kappa shape index (κ2) is 11.2. The number of nitrogens with one attached hydrogen (secondary N) is 2. The van der Waals surface area contributed by atoms with Gasteiger partial charge in [-0.25, -0.2) is 0 Å². The highest BCUT2D eigenvalue weighted by Gasteiger charge is 2.32. The zero-order valence-corrected chi connectivity index (χ0v) is 14.4. The Morgan fingerprint density at radius 1 is 1.33 bits per heavy atom. The van der Waals surface area contributed by atoms with Crippen LogP contribution in [0.4, 0.5) is 0 Å². The van der Waals surface area contributed by atoms with E-state index < -0.39 is 0 Å². The van der Waals surface area contributed by atoms with Gasteiger partial charge in [0.05, 0.1) is 13.2 Å². The van der Waals surface area contributed by atoms with E-state index in [4.69, 9.17) is 9.47 Å². The minimum Gasteiger partial charge on any atom is -0.384 e. The highest BCUT2D eigenvalue weighted by molar-refractivity contribution is 5.85. The first-order chi connectivity index (χ1) is 9.58. The molecule has 0 aromatic carbocycles. The molecule has 5 nitrogen and oxygen atoms in total. The first kappa shape index (κ1) is 20.6. The molecule has 0 bridgehead atoms. The molecule has 0 unspecified atom stereocenters. The molecule has 126 valence electrons. The summed E-state index contributed by atoms with van der Waals surface area (Å²) in [5.74, 6) is 0.584. The summed E-state index contributed by atoms with van der Waals surface area (Å²) in [4.78, 5) is 11.8. The molecular formula is C15H31ClN2O3. The largest absolute Gasteiger partial charge is 0.384 e. The monoisotopic (exact) mass is 322 g/mol. The summed E-state index contributed by atoms with van der Waals surface area (Å²) >= 11 is 0. The number of halogens is 1. The normalized spacial score (nSPS) is 17.3. The van der Waals surface area contributed by atoms with Crippen LogP contribution in [0.15, 0.2) is 0 Å². The molecule has 6 heteroatoms. The lowest BCUT2D eigenvalue weighted by atomic mass is 9.79. The van der Waals surface area contributed by atoms with Crippen LogP contribution < -0.4 is 10.6 Å². The van der Waals surface area contributed by atoms with Crippen LogP contribution in [-0.2, 0) is 14.3 Å². The number of amides is 1. The third-order valence-electron chi connectivity index (χ3n) is 3.70. The molecule has 2 N–H and O–H groups in total. The van der Waals surface area contributed by atoms with Gasteiger partial charge in [0.25, 0.3) is 0 Å². The minimum absolute atomic E-state index is 0. The molecule has 1 amide bonds. The molecule has 0 aliphatic carbocycles. The van der Waals surface area contributed by atoms with Gasteiger partial charge in [-0.1, -0.05) is 13.8 Å². The zero-order chi connectivity index (χ0) is 14.8. The molecule has 1 fully saturated rings. The SMILES string of the molecule is COCC1(CNC(=O)CCOCC(C)C)CCNCC1.Cl. The van der Waals surface area contributed by atoms with Crippen LogP contribution in [0.2, 0.25) is 0 Å². The standard InChI is InChI=1S/C15H30N2O3.ClH/c1-13(2)10-20-9-4-14(18)17-11-15(12-19-3)5-7-16-8-6-15;/h13,16H,4-12H2,1-3H3,(H,17,18);1H. The number of rotatable bonds is 9. The average Bonchev–Trinajstić information content (AvgIpc) is 2.43. The Hall–Kier alpha value is -0.360. The van der Waals surface area contributed by atoms with Gasteiger partial charge in [0.2, 0.25) is 5.91 Å². The van der Waals surface area contributed by atoms with Gasteiger partial charge in [-0.05, 0) is 31.8 Å². The fraction of sp³-hybridized carbons (Fsp3) is 0.933. The van der Waals surface area contributed by atoms with Crippen molar-refractivity contribution in [2.24, 2.45) is 11.3 Å². The number of hydrogen-bond acceptors (Lipinski definition) is 4. The van der Waals surface area contributed by atoms with Crippen molar-refractivity contribution in [3.05, 3.63) is 0 Å². The highest BCUT2D eigenvalue weighted by atomic mass is 35.5. The number of ether oxygens (including phenoxy) is 2. The van der Waals surface area contributed by atoms with E-state index in [1.165, 1.54) is 0 Å². The summed E-state index contributed by atoms with van der Waals surface area (Å²) in [7, 11) is 1.73. The topological polar surface area (TPSA) is 59.6 Å². The van der Waals surface area contributed by atoms with Crippen LogP contribution in [0.1, 0.15) is 33.1 Å². The maximum atomic E-state index is 11.8. The maximum absolute atomic E-state index is 11.8. The Kier molecular flexibility index (Phi) is 11.0. The maximum Gasteiger partial charge on any atom is 0.222 e. The lowest BCUT2D eigenvalue weighted by Gasteiger charge is -2.37. The van der Waals surface area contributed by atoms with Crippen molar-refractivity contribution in [2.75, 3.05) is 46.6 Å². The minimum atomic E-state index is 0. The number of carbonyl (C=O) groups excluding carboxylic acids is 1. The van der Waals surface area contributed by atoms with Crippen molar-refractivity contribution in [3.63, 3.8) is 0 Å². The summed E-state index contributed by atoms with van der Waals surface area (Å²) in [6, 6.07) is 0. The van der Waals surface area contributed by atoms with E-state index >= 15 is 0 Å². The molecule has 0 atom stereocenters. The first-order valence-electron chi connectivity index (χ1n) is 7.62. The summed E-state index contributed by atoms with van der Waals surface area (Å²) in [5.41, 5.74) is 0.0917. The Morgan fingerprint density at radius 2 is 2.00 bits per heavy atom. The molecule has 1 aliphatic rings. The molecule has 1 aliphatic heterocycles. The molecule has 1 heterocycles. The van der Waals surface area contributed by atoms with Crippen LogP contribution in [-0.4, -0.2) is 52.5 Å². The van der Waals surface area contributed by atoms with Crippen LogP contribution in [0.25, 0.3) is 0 Å². The van der Waals surface area contributed by atoms with Gasteiger partial charge in [0.15, 0.2) is 0 Å². The van der Waals surface area contributed by atoms with E-state index in [1.54, 1.807) is 7.11 Å². The molecule has 0 spiro atoms. The molecule has 1 rings (SSSR count). The molecule has 1 saturated heterocycles. The summed E-state index contributed by atoms with van der Waals surface area (Å²) in [6.45, 7) is 8.82. The Morgan fingerprint density at radius 3 is 2.57 bits per heavy atom. The van der Waals surface area contributed by atoms with Gasteiger partial charge < -0.3 is 20.1 Å². The smallest absolute Gasteiger partial charge is 0.222 e. The van der Waals surface area contributed by atoms with Crippen LogP contribution in [0.3, 0.4) is 0 Å². The van der Waals surface area contributed by atoms with Crippen LogP contribution in [0.5, 0.6) is 0 Å². The second-order valence-electron chi connectivity index (χ2n) is 6.18. The summed E-state index contributed by atoms with van der Waals surface area (Å²) < 4.78 is 10.8. The van der Waals surface area contributed by atoms with Crippen molar-refractivity contribution in [2.45, 2.75) is 33.1 Å². The molecule has 0 radical (unpaired) electrons. The quantitative estimate of drug-likeness (QED) is 0.633. The van der Waals surface area contributed by atoms with Crippen molar-refractivity contribution in [1.82, 2.24) is 10.6 Å². The lowest BCUT2D eigenvalue weighted by molar-refractivity contribution is -0.123. The van der Waals surface area contributed by atoms with E-state index in [2.05, 4.69) is 24.5 Å². The van der Waals surface area contributed by atoms with Crippen molar-refractivity contribution in [3.8, 4) is 0 Å². The Labute approximate surface area is 134 Å². The van der Waals surface area contributed by atoms with E-state index in [-0.39, 0.29) is 23.7 Å². The second-order valence-corrected chi connectivity index (χ2v) is 6.18. The third-order valence-corrected chi connectivity index (χ3v) is 3.70. The van der Waals surface area contributed by atoms with Gasteiger partial charge in [0.1, 0.15) is 0 Å². The highest BCUT2D eigenvalue weighted by Crippen LogP contribution is 2.28. The van der Waals surface area contributed by atoms with Crippen molar-refractivity contribution in [1.29, 1.82) is 0 Å². The molecule has 0 aromatic rings. The van der Waals surface area contributed by atoms with Crippen LogP contribution >= 0.6 is 12.4 Å². The van der Waals surface area contributed by atoms with E-state index in [1.807, 2.05) is 0 Å². The summed E-state index contributed by atoms with van der Waals surface area (Å²) in [6.07, 6.45) is 2.53. The fourth-order valence-electron chi connectivity index (χ4n) is 2.49. The lowest BCUT2D eigenvalue weighted by Crippen LogP contribution is -2.47. The average molecular weight is 323 g/mol. The number of carbonyl (C=O) groups is 1. The van der Waals surface area contributed by atoms with E-state index in [0.717, 1.165) is 25.9 Å². The molecule has 21 heavy (non-hydrogen) atoms. The van der Waals surface area contributed by atoms with Gasteiger partial charge in [0, 0.05) is 32.1 Å². The van der Waals surface area contributed by atoms with E-state index in [0.29, 0.717) is 38.7 Å². The molecule has 0 saturated carbocycles. The zero-order valence-electron chi connectivity index (χ0n) is 13.6. The van der Waals surface area contributed by atoms with E-state index in [9.17, 15) is 4.79 Å². The number of hydrogen-bond donors (Lipinski definition) is 2. The molecular weight excluding hydrogens is 292 g/mol. The molecule has 0 aromatic heterocycles. The number of piperidine rings is 1. The third kappa shape index (κ3) is 8.61. The van der Waals surface area contributed by atoms with Gasteiger partial charge in [-0.2, -0.15) is 0 Å².